The highest BCUT2D eigenvalue weighted by atomic mass is 32.1. The molecule has 0 spiro atoms. The van der Waals surface area contributed by atoms with E-state index in [1.54, 1.807) is 11.3 Å². The Morgan fingerprint density at radius 1 is 1.08 bits per heavy atom. The summed E-state index contributed by atoms with van der Waals surface area (Å²) in [6, 6.07) is 14.5. The van der Waals surface area contributed by atoms with Crippen molar-refractivity contribution in [2.45, 2.75) is 6.54 Å². The number of hydrogen-bond acceptors (Lipinski definition) is 6. The Morgan fingerprint density at radius 3 is 2.81 bits per heavy atom. The molecule has 6 heteroatoms. The number of nitrogens with zero attached hydrogens (tertiary/aromatic N) is 4. The van der Waals surface area contributed by atoms with Gasteiger partial charge in [-0.3, -0.25) is 0 Å². The molecule has 2 aromatic carbocycles. The number of benzene rings is 2. The largest absolute Gasteiger partial charge is 0.324 e. The minimum Gasteiger partial charge on any atom is -0.324 e. The van der Waals surface area contributed by atoms with Gasteiger partial charge in [0.05, 0.1) is 5.52 Å². The second-order valence-electron chi connectivity index (χ2n) is 6.37. The number of thiazole rings is 1. The highest BCUT2D eigenvalue weighted by Gasteiger charge is 2.05. The van der Waals surface area contributed by atoms with Crippen LogP contribution < -0.4 is 5.32 Å². The van der Waals surface area contributed by atoms with Crippen molar-refractivity contribution in [3.05, 3.63) is 65.8 Å². The zero-order valence-electron chi connectivity index (χ0n) is 14.7. The van der Waals surface area contributed by atoms with E-state index in [9.17, 15) is 0 Å². The smallest absolute Gasteiger partial charge is 0.227 e. The Kier molecular flexibility index (Phi) is 4.60. The van der Waals surface area contributed by atoms with Gasteiger partial charge in [0.25, 0.3) is 0 Å². The molecule has 5 nitrogen and oxygen atoms in total. The highest BCUT2D eigenvalue weighted by molar-refractivity contribution is 7.13. The normalized spacial score (nSPS) is 11.2. The van der Waals surface area contributed by atoms with Gasteiger partial charge in [-0.05, 0) is 50.0 Å². The van der Waals surface area contributed by atoms with E-state index in [-0.39, 0.29) is 0 Å². The Bertz CT molecular complexity index is 1030. The Morgan fingerprint density at radius 2 is 2.00 bits per heavy atom. The Balaban J connectivity index is 1.59. The average molecular weight is 361 g/mol. The number of hydrogen-bond donors (Lipinski definition) is 1. The van der Waals surface area contributed by atoms with Crippen molar-refractivity contribution in [3.63, 3.8) is 0 Å². The first-order valence-electron chi connectivity index (χ1n) is 8.35. The molecule has 0 aliphatic heterocycles. The molecule has 1 N–H and O–H groups in total. The van der Waals surface area contributed by atoms with Gasteiger partial charge in [-0.25, -0.2) is 15.0 Å². The van der Waals surface area contributed by atoms with Crippen molar-refractivity contribution < 1.29 is 0 Å². The number of rotatable bonds is 5. The van der Waals surface area contributed by atoms with Crippen LogP contribution in [-0.4, -0.2) is 33.9 Å². The molecule has 2 heterocycles. The van der Waals surface area contributed by atoms with Crippen LogP contribution in [0.2, 0.25) is 0 Å². The lowest BCUT2D eigenvalue weighted by atomic mass is 10.1. The number of anilines is 2. The lowest BCUT2D eigenvalue weighted by molar-refractivity contribution is 0.402. The van der Waals surface area contributed by atoms with E-state index in [2.05, 4.69) is 63.5 Å². The summed E-state index contributed by atoms with van der Waals surface area (Å²) in [5.41, 5.74) is 4.23. The van der Waals surface area contributed by atoms with Gasteiger partial charge in [0, 0.05) is 41.0 Å². The molecule has 0 fully saturated rings. The maximum absolute atomic E-state index is 4.63. The van der Waals surface area contributed by atoms with Crippen molar-refractivity contribution in [1.29, 1.82) is 0 Å². The standard InChI is InChI=1S/C20H19N5S/c1-25(2)13-14-4-3-5-17(10-14)23-20-22-12-16-11-15(6-7-18(16)24-20)19-21-8-9-26-19/h3-12H,13H2,1-2H3,(H,22,23,24). The topological polar surface area (TPSA) is 53.9 Å². The number of nitrogens with one attached hydrogen (secondary N) is 1. The van der Waals surface area contributed by atoms with E-state index >= 15 is 0 Å². The van der Waals surface area contributed by atoms with Crippen LogP contribution in [0.3, 0.4) is 0 Å². The number of fused-ring (bicyclic) bond motifs is 1. The van der Waals surface area contributed by atoms with Gasteiger partial charge in [-0.1, -0.05) is 12.1 Å². The second kappa shape index (κ2) is 7.19. The molecule has 0 saturated heterocycles. The maximum atomic E-state index is 4.63. The molecular formula is C20H19N5S. The van der Waals surface area contributed by atoms with Crippen molar-refractivity contribution in [2.24, 2.45) is 0 Å². The lowest BCUT2D eigenvalue weighted by Gasteiger charge is -2.11. The summed E-state index contributed by atoms with van der Waals surface area (Å²) >= 11 is 1.63. The first kappa shape index (κ1) is 16.6. The van der Waals surface area contributed by atoms with Gasteiger partial charge in [-0.15, -0.1) is 11.3 Å². The van der Waals surface area contributed by atoms with Crippen LogP contribution in [0.4, 0.5) is 11.6 Å². The molecule has 0 radical (unpaired) electrons. The second-order valence-corrected chi connectivity index (χ2v) is 7.26. The van der Waals surface area contributed by atoms with Gasteiger partial charge >= 0.3 is 0 Å². The van der Waals surface area contributed by atoms with Gasteiger partial charge in [0.15, 0.2) is 0 Å². The summed E-state index contributed by atoms with van der Waals surface area (Å²) in [6.45, 7) is 0.896. The van der Waals surface area contributed by atoms with Gasteiger partial charge in [-0.2, -0.15) is 0 Å². The van der Waals surface area contributed by atoms with Crippen LogP contribution in [0.1, 0.15) is 5.56 Å². The zero-order chi connectivity index (χ0) is 17.9. The summed E-state index contributed by atoms with van der Waals surface area (Å²) < 4.78 is 0. The molecule has 0 aliphatic rings. The Hall–Kier alpha value is -2.83. The number of aromatic nitrogens is 3. The first-order chi connectivity index (χ1) is 12.7. The van der Waals surface area contributed by atoms with Gasteiger partial charge in [0.1, 0.15) is 5.01 Å². The fourth-order valence-corrected chi connectivity index (χ4v) is 3.47. The molecule has 0 aliphatic carbocycles. The van der Waals surface area contributed by atoms with Crippen LogP contribution in [0.5, 0.6) is 0 Å². The van der Waals surface area contributed by atoms with E-state index in [1.165, 1.54) is 5.56 Å². The molecule has 2 aromatic heterocycles. The summed E-state index contributed by atoms with van der Waals surface area (Å²) in [6.07, 6.45) is 3.67. The third-order valence-electron chi connectivity index (χ3n) is 3.94. The molecule has 0 unspecified atom stereocenters. The van der Waals surface area contributed by atoms with E-state index in [0.717, 1.165) is 33.7 Å². The summed E-state index contributed by atoms with van der Waals surface area (Å²) in [5, 5.41) is 7.29. The van der Waals surface area contributed by atoms with Crippen molar-refractivity contribution >= 4 is 33.9 Å². The molecule has 4 aromatic rings. The molecule has 0 atom stereocenters. The van der Waals surface area contributed by atoms with Gasteiger partial charge < -0.3 is 10.2 Å². The van der Waals surface area contributed by atoms with Crippen molar-refractivity contribution in [3.8, 4) is 10.6 Å². The molecule has 0 saturated carbocycles. The fraction of sp³-hybridized carbons (Fsp3) is 0.150. The first-order valence-corrected chi connectivity index (χ1v) is 9.23. The van der Waals surface area contributed by atoms with Crippen LogP contribution in [0.25, 0.3) is 21.5 Å². The molecular weight excluding hydrogens is 342 g/mol. The predicted molar refractivity (Wildman–Crippen MR) is 108 cm³/mol. The monoisotopic (exact) mass is 361 g/mol. The third kappa shape index (κ3) is 3.71. The molecule has 4 rings (SSSR count). The molecule has 0 amide bonds. The minimum absolute atomic E-state index is 0.599. The third-order valence-corrected chi connectivity index (χ3v) is 4.76. The summed E-state index contributed by atoms with van der Waals surface area (Å²) in [4.78, 5) is 15.6. The zero-order valence-corrected chi connectivity index (χ0v) is 15.5. The lowest BCUT2D eigenvalue weighted by Crippen LogP contribution is -2.10. The van der Waals surface area contributed by atoms with Gasteiger partial charge in [0.2, 0.25) is 5.95 Å². The predicted octanol–water partition coefficient (Wildman–Crippen LogP) is 4.56. The SMILES string of the molecule is CN(C)Cc1cccc(Nc2ncc3cc(-c4nccs4)ccc3n2)c1. The van der Waals surface area contributed by atoms with E-state index < -0.39 is 0 Å². The quantitative estimate of drug-likeness (QED) is 0.565. The summed E-state index contributed by atoms with van der Waals surface area (Å²) in [5.74, 6) is 0.599. The molecule has 26 heavy (non-hydrogen) atoms. The Labute approximate surface area is 156 Å². The highest BCUT2D eigenvalue weighted by Crippen LogP contribution is 2.26. The van der Waals surface area contributed by atoms with Crippen molar-refractivity contribution in [2.75, 3.05) is 19.4 Å². The molecule has 0 bridgehead atoms. The van der Waals surface area contributed by atoms with E-state index in [1.807, 2.05) is 36.0 Å². The fourth-order valence-electron chi connectivity index (χ4n) is 2.83. The van der Waals surface area contributed by atoms with E-state index in [0.29, 0.717) is 5.95 Å². The van der Waals surface area contributed by atoms with Crippen LogP contribution in [0.15, 0.2) is 60.2 Å². The van der Waals surface area contributed by atoms with E-state index in [4.69, 9.17) is 0 Å². The van der Waals surface area contributed by atoms with Crippen LogP contribution in [0, 0.1) is 0 Å². The maximum Gasteiger partial charge on any atom is 0.227 e. The molecule has 130 valence electrons. The van der Waals surface area contributed by atoms with Crippen LogP contribution >= 0.6 is 11.3 Å². The minimum atomic E-state index is 0.599. The average Bonchev–Trinajstić information content (AvgIpc) is 3.16. The summed E-state index contributed by atoms with van der Waals surface area (Å²) in [7, 11) is 4.12. The van der Waals surface area contributed by atoms with Crippen molar-refractivity contribution in [1.82, 2.24) is 19.9 Å². The van der Waals surface area contributed by atoms with Crippen LogP contribution in [-0.2, 0) is 6.54 Å².